The number of hydrogen-bond donors (Lipinski definition) is 0. The SMILES string of the molecule is C=C(CCCN(C)C)OCCCOC. The fourth-order valence-corrected chi connectivity index (χ4v) is 1.08. The van der Waals surface area contributed by atoms with Crippen molar-refractivity contribution in [3.05, 3.63) is 12.3 Å². The molecule has 0 aliphatic heterocycles. The van der Waals surface area contributed by atoms with E-state index in [9.17, 15) is 0 Å². The normalized spacial score (nSPS) is 10.6. The van der Waals surface area contributed by atoms with Gasteiger partial charge in [0, 0.05) is 26.6 Å². The lowest BCUT2D eigenvalue weighted by Crippen LogP contribution is -2.13. The van der Waals surface area contributed by atoms with Crippen LogP contribution >= 0.6 is 0 Å². The number of methoxy groups -OCH3 is 1. The van der Waals surface area contributed by atoms with Gasteiger partial charge in [0.2, 0.25) is 0 Å². The topological polar surface area (TPSA) is 21.7 Å². The summed E-state index contributed by atoms with van der Waals surface area (Å²) >= 11 is 0. The van der Waals surface area contributed by atoms with E-state index in [4.69, 9.17) is 9.47 Å². The summed E-state index contributed by atoms with van der Waals surface area (Å²) in [7, 11) is 5.84. The monoisotopic (exact) mass is 201 g/mol. The number of hydrogen-bond acceptors (Lipinski definition) is 3. The first-order chi connectivity index (χ1) is 6.66. The molecule has 0 fully saturated rings. The van der Waals surface area contributed by atoms with E-state index in [1.165, 1.54) is 0 Å². The third-order valence-electron chi connectivity index (χ3n) is 1.86. The van der Waals surface area contributed by atoms with E-state index in [1.807, 2.05) is 0 Å². The molecule has 0 aromatic carbocycles. The molecule has 0 atom stereocenters. The third kappa shape index (κ3) is 9.55. The van der Waals surface area contributed by atoms with E-state index in [-0.39, 0.29) is 0 Å². The molecule has 0 amide bonds. The van der Waals surface area contributed by atoms with E-state index in [2.05, 4.69) is 25.6 Å². The Morgan fingerprint density at radius 2 is 1.93 bits per heavy atom. The lowest BCUT2D eigenvalue weighted by molar-refractivity contribution is 0.141. The molecule has 0 unspecified atom stereocenters. The van der Waals surface area contributed by atoms with Crippen LogP contribution in [0.5, 0.6) is 0 Å². The van der Waals surface area contributed by atoms with E-state index in [0.717, 1.165) is 38.2 Å². The first kappa shape index (κ1) is 13.5. The van der Waals surface area contributed by atoms with Crippen LogP contribution < -0.4 is 0 Å². The summed E-state index contributed by atoms with van der Waals surface area (Å²) in [6, 6.07) is 0. The minimum atomic E-state index is 0.717. The van der Waals surface area contributed by atoms with Gasteiger partial charge in [0.1, 0.15) is 0 Å². The molecular weight excluding hydrogens is 178 g/mol. The van der Waals surface area contributed by atoms with Gasteiger partial charge in [-0.2, -0.15) is 0 Å². The first-order valence-corrected chi connectivity index (χ1v) is 5.11. The summed E-state index contributed by atoms with van der Waals surface area (Å²) in [5.74, 6) is 0.892. The van der Waals surface area contributed by atoms with Gasteiger partial charge in [0.25, 0.3) is 0 Å². The summed E-state index contributed by atoms with van der Waals surface area (Å²) in [4.78, 5) is 2.16. The third-order valence-corrected chi connectivity index (χ3v) is 1.86. The van der Waals surface area contributed by atoms with Crippen LogP contribution in [0.1, 0.15) is 19.3 Å². The second kappa shape index (κ2) is 9.03. The molecule has 3 nitrogen and oxygen atoms in total. The maximum atomic E-state index is 5.43. The quantitative estimate of drug-likeness (QED) is 0.420. The summed E-state index contributed by atoms with van der Waals surface area (Å²) in [5, 5.41) is 0. The highest BCUT2D eigenvalue weighted by Gasteiger charge is 1.96. The van der Waals surface area contributed by atoms with Crippen molar-refractivity contribution in [1.82, 2.24) is 4.90 Å². The van der Waals surface area contributed by atoms with Crippen LogP contribution in [0.2, 0.25) is 0 Å². The van der Waals surface area contributed by atoms with Crippen molar-refractivity contribution in [2.24, 2.45) is 0 Å². The van der Waals surface area contributed by atoms with Crippen LogP contribution in [-0.2, 0) is 9.47 Å². The van der Waals surface area contributed by atoms with E-state index < -0.39 is 0 Å². The average molecular weight is 201 g/mol. The maximum absolute atomic E-state index is 5.43. The molecule has 0 heterocycles. The van der Waals surface area contributed by atoms with Gasteiger partial charge in [0.05, 0.1) is 12.4 Å². The summed E-state index contributed by atoms with van der Waals surface area (Å²) in [6.45, 7) is 6.42. The highest BCUT2D eigenvalue weighted by Crippen LogP contribution is 2.04. The zero-order valence-corrected chi connectivity index (χ0v) is 9.71. The molecule has 0 saturated carbocycles. The zero-order chi connectivity index (χ0) is 10.8. The predicted molar refractivity (Wildman–Crippen MR) is 59.4 cm³/mol. The molecule has 0 aliphatic rings. The van der Waals surface area contributed by atoms with Crippen molar-refractivity contribution in [3.8, 4) is 0 Å². The Morgan fingerprint density at radius 1 is 1.21 bits per heavy atom. The van der Waals surface area contributed by atoms with Crippen molar-refractivity contribution in [2.45, 2.75) is 19.3 Å². The molecule has 0 aromatic rings. The molecule has 0 radical (unpaired) electrons. The molecule has 3 heteroatoms. The van der Waals surface area contributed by atoms with Gasteiger partial charge >= 0.3 is 0 Å². The van der Waals surface area contributed by atoms with Crippen molar-refractivity contribution < 1.29 is 9.47 Å². The van der Waals surface area contributed by atoms with Crippen LogP contribution in [0.15, 0.2) is 12.3 Å². The van der Waals surface area contributed by atoms with Gasteiger partial charge in [0.15, 0.2) is 0 Å². The van der Waals surface area contributed by atoms with E-state index in [0.29, 0.717) is 6.61 Å². The standard InChI is InChI=1S/C11H23NO2/c1-11(7-5-8-12(2)3)14-10-6-9-13-4/h1,5-10H2,2-4H3. The Labute approximate surface area is 87.7 Å². The summed E-state index contributed by atoms with van der Waals surface area (Å²) in [6.07, 6.45) is 2.99. The first-order valence-electron chi connectivity index (χ1n) is 5.11. The number of ether oxygens (including phenoxy) is 2. The Balaban J connectivity index is 3.20. The molecule has 84 valence electrons. The van der Waals surface area contributed by atoms with E-state index in [1.54, 1.807) is 7.11 Å². The smallest absolute Gasteiger partial charge is 0.0899 e. The van der Waals surface area contributed by atoms with Crippen LogP contribution in [0.25, 0.3) is 0 Å². The molecule has 0 saturated heterocycles. The summed E-state index contributed by atoms with van der Waals surface area (Å²) in [5.41, 5.74) is 0. The van der Waals surface area contributed by atoms with Crippen molar-refractivity contribution >= 4 is 0 Å². The van der Waals surface area contributed by atoms with Gasteiger partial charge < -0.3 is 14.4 Å². The Morgan fingerprint density at radius 3 is 2.50 bits per heavy atom. The van der Waals surface area contributed by atoms with Gasteiger partial charge in [-0.3, -0.25) is 0 Å². The zero-order valence-electron chi connectivity index (χ0n) is 9.71. The molecule has 0 aliphatic carbocycles. The summed E-state index contributed by atoms with van der Waals surface area (Å²) < 4.78 is 10.4. The van der Waals surface area contributed by atoms with Crippen molar-refractivity contribution in [3.63, 3.8) is 0 Å². The molecule has 14 heavy (non-hydrogen) atoms. The highest BCUT2D eigenvalue weighted by atomic mass is 16.5. The maximum Gasteiger partial charge on any atom is 0.0899 e. The van der Waals surface area contributed by atoms with Crippen LogP contribution in [0.3, 0.4) is 0 Å². The second-order valence-electron chi connectivity index (χ2n) is 3.64. The highest BCUT2D eigenvalue weighted by molar-refractivity contribution is 4.82. The minimum Gasteiger partial charge on any atom is -0.498 e. The largest absolute Gasteiger partial charge is 0.498 e. The molecule has 0 N–H and O–H groups in total. The lowest BCUT2D eigenvalue weighted by atomic mass is 10.3. The Bertz CT molecular complexity index is 146. The molecule has 0 bridgehead atoms. The molecule has 0 rings (SSSR count). The predicted octanol–water partition coefficient (Wildman–Crippen LogP) is 1.90. The van der Waals surface area contributed by atoms with E-state index >= 15 is 0 Å². The number of rotatable bonds is 9. The van der Waals surface area contributed by atoms with Crippen molar-refractivity contribution in [2.75, 3.05) is 41.0 Å². The fraction of sp³-hybridized carbons (Fsp3) is 0.818. The molecular formula is C11H23NO2. The van der Waals surface area contributed by atoms with Gasteiger partial charge in [-0.05, 0) is 27.1 Å². The molecule has 0 aromatic heterocycles. The van der Waals surface area contributed by atoms with Crippen LogP contribution in [-0.4, -0.2) is 45.9 Å². The average Bonchev–Trinajstić information content (AvgIpc) is 2.12. The number of allylic oxidation sites excluding steroid dienone is 1. The van der Waals surface area contributed by atoms with Crippen LogP contribution in [0, 0.1) is 0 Å². The molecule has 0 spiro atoms. The van der Waals surface area contributed by atoms with Crippen molar-refractivity contribution in [1.29, 1.82) is 0 Å². The van der Waals surface area contributed by atoms with Crippen LogP contribution in [0.4, 0.5) is 0 Å². The Hall–Kier alpha value is -0.540. The minimum absolute atomic E-state index is 0.717. The lowest BCUT2D eigenvalue weighted by Gasteiger charge is -2.11. The van der Waals surface area contributed by atoms with Gasteiger partial charge in [-0.15, -0.1) is 0 Å². The fourth-order valence-electron chi connectivity index (χ4n) is 1.08. The second-order valence-corrected chi connectivity index (χ2v) is 3.64. The Kier molecular flexibility index (Phi) is 8.68. The van der Waals surface area contributed by atoms with Gasteiger partial charge in [-0.25, -0.2) is 0 Å². The van der Waals surface area contributed by atoms with Gasteiger partial charge in [-0.1, -0.05) is 6.58 Å². The number of nitrogens with zero attached hydrogens (tertiary/aromatic N) is 1.